The van der Waals surface area contributed by atoms with Crippen LogP contribution in [0, 0.1) is 0 Å². The number of hydrogen-bond acceptors (Lipinski definition) is 9. The molecule has 6 N–H and O–H groups in total. The van der Waals surface area contributed by atoms with Crippen molar-refractivity contribution >= 4 is 40.9 Å². The van der Waals surface area contributed by atoms with Gasteiger partial charge >= 0.3 is 0 Å². The SMILES string of the molecule is NC(=S)NCCOCCSCC(O)COc1ccc(Cc2ccc(OCC(O)CSCCO)cc2)cc1. The molecule has 0 bridgehead atoms. The topological polar surface area (TPSA) is 126 Å². The summed E-state index contributed by atoms with van der Waals surface area (Å²) in [5.74, 6) is 3.96. The molecule has 0 aliphatic rings. The van der Waals surface area contributed by atoms with E-state index in [2.05, 4.69) is 5.32 Å². The van der Waals surface area contributed by atoms with E-state index in [1.54, 1.807) is 11.8 Å². The van der Waals surface area contributed by atoms with Crippen molar-refractivity contribution in [3.8, 4) is 11.5 Å². The van der Waals surface area contributed by atoms with Crippen molar-refractivity contribution in [2.24, 2.45) is 5.73 Å². The van der Waals surface area contributed by atoms with Crippen LogP contribution in [-0.2, 0) is 11.2 Å². The summed E-state index contributed by atoms with van der Waals surface area (Å²) in [5, 5.41) is 31.9. The quantitative estimate of drug-likeness (QED) is 0.119. The molecular formula is C26H38N2O6S3. The zero-order valence-corrected chi connectivity index (χ0v) is 23.4. The number of aliphatic hydroxyl groups is 3. The lowest BCUT2D eigenvalue weighted by Gasteiger charge is -2.13. The van der Waals surface area contributed by atoms with Gasteiger partial charge in [-0.15, -0.1) is 0 Å². The highest BCUT2D eigenvalue weighted by atomic mass is 32.2. The first kappa shape index (κ1) is 31.5. The van der Waals surface area contributed by atoms with Gasteiger partial charge in [-0.25, -0.2) is 0 Å². The van der Waals surface area contributed by atoms with E-state index in [-0.39, 0.29) is 24.9 Å². The number of thioether (sulfide) groups is 2. The van der Waals surface area contributed by atoms with E-state index in [4.69, 9.17) is 37.3 Å². The molecule has 0 saturated carbocycles. The summed E-state index contributed by atoms with van der Waals surface area (Å²) in [4.78, 5) is 0. The second-order valence-electron chi connectivity index (χ2n) is 8.17. The van der Waals surface area contributed by atoms with Crippen LogP contribution in [-0.4, -0.2) is 95.2 Å². The molecule has 206 valence electrons. The summed E-state index contributed by atoms with van der Waals surface area (Å²) < 4.78 is 16.8. The summed E-state index contributed by atoms with van der Waals surface area (Å²) in [7, 11) is 0. The molecule has 0 radical (unpaired) electrons. The molecule has 0 aromatic heterocycles. The lowest BCUT2D eigenvalue weighted by molar-refractivity contribution is 0.126. The Morgan fingerprint density at radius 2 is 1.35 bits per heavy atom. The van der Waals surface area contributed by atoms with E-state index in [0.717, 1.165) is 29.1 Å². The minimum Gasteiger partial charge on any atom is -0.491 e. The molecule has 37 heavy (non-hydrogen) atoms. The highest BCUT2D eigenvalue weighted by Gasteiger charge is 2.07. The summed E-state index contributed by atoms with van der Waals surface area (Å²) in [6, 6.07) is 15.7. The highest BCUT2D eigenvalue weighted by Crippen LogP contribution is 2.19. The standard InChI is InChI=1S/C26H38N2O6S3/c27-26(35)28-9-11-32-12-14-37-19-23(31)17-34-25-7-3-21(4-8-25)15-20-1-5-24(6-2-20)33-16-22(30)18-36-13-10-29/h1-8,22-23,29-31H,9-19H2,(H3,27,28,35). The fourth-order valence-electron chi connectivity index (χ4n) is 3.09. The molecule has 11 heteroatoms. The summed E-state index contributed by atoms with van der Waals surface area (Å²) >= 11 is 7.83. The average molecular weight is 571 g/mol. The molecule has 2 unspecified atom stereocenters. The molecule has 2 aromatic rings. The van der Waals surface area contributed by atoms with Gasteiger partial charge in [-0.3, -0.25) is 0 Å². The van der Waals surface area contributed by atoms with Crippen LogP contribution < -0.4 is 20.5 Å². The van der Waals surface area contributed by atoms with Gasteiger partial charge in [-0.05, 0) is 54.0 Å². The fraction of sp³-hybridized carbons (Fsp3) is 0.500. The van der Waals surface area contributed by atoms with Crippen molar-refractivity contribution < 1.29 is 29.5 Å². The van der Waals surface area contributed by atoms with E-state index >= 15 is 0 Å². The molecule has 0 amide bonds. The molecule has 2 rings (SSSR count). The first-order valence-corrected chi connectivity index (χ1v) is 14.8. The molecular weight excluding hydrogens is 532 g/mol. The molecule has 0 heterocycles. The Morgan fingerprint density at radius 3 is 1.84 bits per heavy atom. The van der Waals surface area contributed by atoms with Gasteiger partial charge in [0.1, 0.15) is 24.7 Å². The monoisotopic (exact) mass is 570 g/mol. The van der Waals surface area contributed by atoms with Crippen molar-refractivity contribution in [1.29, 1.82) is 0 Å². The third kappa shape index (κ3) is 15.3. The predicted molar refractivity (Wildman–Crippen MR) is 156 cm³/mol. The Morgan fingerprint density at radius 1 is 0.838 bits per heavy atom. The minimum absolute atomic E-state index is 0.112. The number of nitrogens with one attached hydrogen (secondary N) is 1. The van der Waals surface area contributed by atoms with E-state index in [1.807, 2.05) is 48.5 Å². The molecule has 2 atom stereocenters. The number of ether oxygens (including phenoxy) is 3. The summed E-state index contributed by atoms with van der Waals surface area (Å²) in [5.41, 5.74) is 7.63. The predicted octanol–water partition coefficient (Wildman–Crippen LogP) is 2.07. The largest absolute Gasteiger partial charge is 0.491 e. The van der Waals surface area contributed by atoms with Gasteiger partial charge in [0.05, 0.1) is 32.0 Å². The lowest BCUT2D eigenvalue weighted by atomic mass is 10.0. The smallest absolute Gasteiger partial charge is 0.163 e. The molecule has 0 fully saturated rings. The van der Waals surface area contributed by atoms with E-state index < -0.39 is 12.2 Å². The Kier molecular flexibility index (Phi) is 16.5. The number of hydrogen-bond donors (Lipinski definition) is 5. The van der Waals surface area contributed by atoms with Crippen LogP contribution in [0.4, 0.5) is 0 Å². The van der Waals surface area contributed by atoms with Gasteiger partial charge in [-0.1, -0.05) is 24.3 Å². The number of rotatable bonds is 20. The maximum Gasteiger partial charge on any atom is 0.163 e. The summed E-state index contributed by atoms with van der Waals surface area (Å²) in [6.45, 7) is 2.31. The van der Waals surface area contributed by atoms with E-state index in [9.17, 15) is 10.2 Å². The number of benzene rings is 2. The van der Waals surface area contributed by atoms with Crippen LogP contribution in [0.1, 0.15) is 11.1 Å². The van der Waals surface area contributed by atoms with Gasteiger partial charge in [-0.2, -0.15) is 23.5 Å². The van der Waals surface area contributed by atoms with Gasteiger partial charge in [0.25, 0.3) is 0 Å². The van der Waals surface area contributed by atoms with Crippen molar-refractivity contribution in [2.75, 3.05) is 62.6 Å². The van der Waals surface area contributed by atoms with Gasteiger partial charge in [0.2, 0.25) is 0 Å². The van der Waals surface area contributed by atoms with Crippen molar-refractivity contribution in [1.82, 2.24) is 5.32 Å². The first-order chi connectivity index (χ1) is 18.0. The highest BCUT2D eigenvalue weighted by molar-refractivity contribution is 7.99. The average Bonchev–Trinajstić information content (AvgIpc) is 2.89. The molecule has 0 spiro atoms. The summed E-state index contributed by atoms with van der Waals surface area (Å²) in [6.07, 6.45) is -0.342. The number of nitrogens with two attached hydrogens (primary N) is 1. The maximum atomic E-state index is 10.1. The van der Waals surface area contributed by atoms with Gasteiger partial charge in [0.15, 0.2) is 5.11 Å². The molecule has 8 nitrogen and oxygen atoms in total. The molecule has 0 aliphatic heterocycles. The molecule has 0 aliphatic carbocycles. The van der Waals surface area contributed by atoms with Crippen molar-refractivity contribution in [3.05, 3.63) is 59.7 Å². The molecule has 0 saturated heterocycles. The van der Waals surface area contributed by atoms with Crippen molar-refractivity contribution in [3.63, 3.8) is 0 Å². The molecule has 2 aromatic carbocycles. The third-order valence-electron chi connectivity index (χ3n) is 4.91. The second kappa shape index (κ2) is 19.4. The van der Waals surface area contributed by atoms with Gasteiger partial charge in [0, 0.05) is 29.6 Å². The van der Waals surface area contributed by atoms with E-state index in [0.29, 0.717) is 42.8 Å². The van der Waals surface area contributed by atoms with Crippen LogP contribution >= 0.6 is 35.7 Å². The van der Waals surface area contributed by atoms with Crippen LogP contribution in [0.3, 0.4) is 0 Å². The minimum atomic E-state index is -0.563. The fourth-order valence-corrected chi connectivity index (χ4v) is 4.63. The second-order valence-corrected chi connectivity index (χ2v) is 10.9. The zero-order valence-electron chi connectivity index (χ0n) is 20.9. The normalized spacial score (nSPS) is 12.6. The number of aliphatic hydroxyl groups excluding tert-OH is 3. The van der Waals surface area contributed by atoms with Crippen LogP contribution in [0.2, 0.25) is 0 Å². The zero-order chi connectivity index (χ0) is 26.7. The maximum absolute atomic E-state index is 10.1. The van der Waals surface area contributed by atoms with Crippen LogP contribution in [0.15, 0.2) is 48.5 Å². The van der Waals surface area contributed by atoms with Gasteiger partial charge < -0.3 is 40.6 Å². The first-order valence-electron chi connectivity index (χ1n) is 12.1. The Hall–Kier alpha value is -1.73. The lowest BCUT2D eigenvalue weighted by Crippen LogP contribution is -2.32. The van der Waals surface area contributed by atoms with E-state index in [1.165, 1.54) is 11.8 Å². The Balaban J connectivity index is 1.60. The van der Waals surface area contributed by atoms with Crippen LogP contribution in [0.5, 0.6) is 11.5 Å². The Bertz CT molecular complexity index is 874. The van der Waals surface area contributed by atoms with Crippen molar-refractivity contribution in [2.45, 2.75) is 18.6 Å². The third-order valence-corrected chi connectivity index (χ3v) is 7.23. The Labute approximate surface area is 233 Å². The number of thiocarbonyl (C=S) groups is 1. The van der Waals surface area contributed by atoms with Crippen LogP contribution in [0.25, 0.3) is 0 Å².